The number of hydrogen-bond acceptors (Lipinski definition) is 0. The monoisotopic (exact) mass is 302 g/mol. The quantitative estimate of drug-likeness (QED) is 0.599. The average molecular weight is 302 g/mol. The highest BCUT2D eigenvalue weighted by atomic mass is 19.1. The molecule has 2 fully saturated rings. The Hall–Kier alpha value is -0.850. The van der Waals surface area contributed by atoms with Gasteiger partial charge in [-0.3, -0.25) is 0 Å². The second kappa shape index (κ2) is 7.62. The smallest absolute Gasteiger partial charge is 0.123 e. The van der Waals surface area contributed by atoms with Crippen LogP contribution in [0.5, 0.6) is 0 Å². The minimum absolute atomic E-state index is 0.0685. The fraction of sp³-hybridized carbons (Fsp3) is 0.714. The predicted octanol–water partition coefficient (Wildman–Crippen LogP) is 6.45. The Labute approximate surface area is 135 Å². The van der Waals surface area contributed by atoms with Crippen LogP contribution in [0, 0.1) is 30.5 Å². The van der Waals surface area contributed by atoms with E-state index in [0.717, 1.165) is 29.7 Å². The van der Waals surface area contributed by atoms with Crippen molar-refractivity contribution in [3.05, 3.63) is 35.1 Å². The summed E-state index contributed by atoms with van der Waals surface area (Å²) < 4.78 is 13.5. The molecule has 2 aliphatic rings. The van der Waals surface area contributed by atoms with Crippen LogP contribution >= 0.6 is 0 Å². The van der Waals surface area contributed by atoms with Gasteiger partial charge in [-0.2, -0.15) is 0 Å². The van der Waals surface area contributed by atoms with Crippen molar-refractivity contribution < 1.29 is 4.39 Å². The van der Waals surface area contributed by atoms with E-state index >= 15 is 0 Å². The van der Waals surface area contributed by atoms with Gasteiger partial charge in [0.2, 0.25) is 0 Å². The first-order valence-corrected chi connectivity index (χ1v) is 9.45. The maximum atomic E-state index is 13.5. The summed E-state index contributed by atoms with van der Waals surface area (Å²) in [6, 6.07) is 5.53. The third-order valence-corrected chi connectivity index (χ3v) is 5.98. The van der Waals surface area contributed by atoms with Crippen LogP contribution in [0.3, 0.4) is 0 Å². The molecule has 1 aromatic carbocycles. The van der Waals surface area contributed by atoms with E-state index in [1.165, 1.54) is 69.8 Å². The van der Waals surface area contributed by atoms with Gasteiger partial charge in [-0.05, 0) is 73.6 Å². The Morgan fingerprint density at radius 2 is 1.45 bits per heavy atom. The summed E-state index contributed by atoms with van der Waals surface area (Å²) in [4.78, 5) is 0. The molecule has 0 saturated heterocycles. The van der Waals surface area contributed by atoms with E-state index in [0.29, 0.717) is 0 Å². The van der Waals surface area contributed by atoms with Crippen molar-refractivity contribution in [2.75, 3.05) is 0 Å². The number of halogens is 1. The molecule has 0 nitrogen and oxygen atoms in total. The van der Waals surface area contributed by atoms with Gasteiger partial charge in [0.1, 0.15) is 5.82 Å². The van der Waals surface area contributed by atoms with Gasteiger partial charge >= 0.3 is 0 Å². The van der Waals surface area contributed by atoms with Crippen LogP contribution in [0.15, 0.2) is 18.2 Å². The summed E-state index contributed by atoms with van der Waals surface area (Å²) >= 11 is 0. The molecule has 0 aliphatic heterocycles. The van der Waals surface area contributed by atoms with Crippen LogP contribution in [0.4, 0.5) is 4.39 Å². The molecule has 2 aliphatic carbocycles. The van der Waals surface area contributed by atoms with E-state index in [9.17, 15) is 4.39 Å². The largest absolute Gasteiger partial charge is 0.207 e. The molecule has 0 N–H and O–H groups in total. The Kier molecular flexibility index (Phi) is 5.55. The molecule has 1 aromatic rings. The highest BCUT2D eigenvalue weighted by Gasteiger charge is 2.24. The van der Waals surface area contributed by atoms with Crippen molar-refractivity contribution in [3.63, 3.8) is 0 Å². The topological polar surface area (TPSA) is 0 Å². The van der Waals surface area contributed by atoms with E-state index in [2.05, 4.69) is 6.07 Å². The highest BCUT2D eigenvalue weighted by molar-refractivity contribution is 5.24. The molecule has 2 saturated carbocycles. The lowest BCUT2D eigenvalue weighted by molar-refractivity contribution is 0.211. The average Bonchev–Trinajstić information content (AvgIpc) is 2.49. The van der Waals surface area contributed by atoms with E-state index < -0.39 is 0 Å². The SMILES string of the molecule is Cc1cc(F)cc(CC2CCC(CC3CCCCC3)CC2)c1. The van der Waals surface area contributed by atoms with Crippen LogP contribution in [0.2, 0.25) is 0 Å². The van der Waals surface area contributed by atoms with Crippen LogP contribution in [0.25, 0.3) is 0 Å². The van der Waals surface area contributed by atoms with E-state index in [-0.39, 0.29) is 5.82 Å². The molecule has 0 heterocycles. The lowest BCUT2D eigenvalue weighted by Gasteiger charge is -2.32. The number of aryl methyl sites for hydroxylation is 1. The minimum Gasteiger partial charge on any atom is -0.207 e. The fourth-order valence-electron chi connectivity index (χ4n) is 4.83. The fourth-order valence-corrected chi connectivity index (χ4v) is 4.83. The van der Waals surface area contributed by atoms with Crippen LogP contribution in [0.1, 0.15) is 75.3 Å². The molecule has 0 aromatic heterocycles. The van der Waals surface area contributed by atoms with Crippen molar-refractivity contribution in [1.29, 1.82) is 0 Å². The van der Waals surface area contributed by atoms with Gasteiger partial charge in [-0.25, -0.2) is 4.39 Å². The first kappa shape index (κ1) is 16.0. The molecule has 22 heavy (non-hydrogen) atoms. The van der Waals surface area contributed by atoms with Crippen molar-refractivity contribution in [3.8, 4) is 0 Å². The van der Waals surface area contributed by atoms with Gasteiger partial charge in [-0.1, -0.05) is 51.0 Å². The third-order valence-electron chi connectivity index (χ3n) is 5.98. The Morgan fingerprint density at radius 1 is 0.818 bits per heavy atom. The van der Waals surface area contributed by atoms with Crippen LogP contribution < -0.4 is 0 Å². The summed E-state index contributed by atoms with van der Waals surface area (Å²) in [5, 5.41) is 0. The Bertz CT molecular complexity index is 445. The third kappa shape index (κ3) is 4.57. The highest BCUT2D eigenvalue weighted by Crippen LogP contribution is 2.37. The normalized spacial score (nSPS) is 27.0. The summed E-state index contributed by atoms with van der Waals surface area (Å²) in [5.74, 6) is 2.72. The predicted molar refractivity (Wildman–Crippen MR) is 91.5 cm³/mol. The zero-order valence-corrected chi connectivity index (χ0v) is 14.1. The zero-order valence-electron chi connectivity index (χ0n) is 14.1. The van der Waals surface area contributed by atoms with Crippen molar-refractivity contribution in [2.24, 2.45) is 17.8 Å². The Balaban J connectivity index is 1.45. The number of rotatable bonds is 4. The molecule has 0 amide bonds. The first-order chi connectivity index (χ1) is 10.7. The molecule has 0 spiro atoms. The molecule has 0 atom stereocenters. The second-order valence-electron chi connectivity index (χ2n) is 7.97. The lowest BCUT2D eigenvalue weighted by atomic mass is 9.74. The molecule has 0 bridgehead atoms. The van der Waals surface area contributed by atoms with Gasteiger partial charge in [0.25, 0.3) is 0 Å². The molecule has 3 rings (SSSR count). The van der Waals surface area contributed by atoms with Gasteiger partial charge in [0.05, 0.1) is 0 Å². The summed E-state index contributed by atoms with van der Waals surface area (Å²) in [6.07, 6.45) is 15.5. The first-order valence-electron chi connectivity index (χ1n) is 9.45. The van der Waals surface area contributed by atoms with Gasteiger partial charge in [0.15, 0.2) is 0 Å². The minimum atomic E-state index is -0.0685. The van der Waals surface area contributed by atoms with Crippen LogP contribution in [-0.4, -0.2) is 0 Å². The van der Waals surface area contributed by atoms with E-state index in [4.69, 9.17) is 0 Å². The molecular formula is C21H31F. The van der Waals surface area contributed by atoms with Gasteiger partial charge in [-0.15, -0.1) is 0 Å². The molecular weight excluding hydrogens is 271 g/mol. The van der Waals surface area contributed by atoms with Crippen molar-refractivity contribution in [1.82, 2.24) is 0 Å². The second-order valence-corrected chi connectivity index (χ2v) is 7.97. The number of benzene rings is 1. The molecule has 122 valence electrons. The standard InChI is InChI=1S/C21H31F/c1-16-11-20(15-21(22)12-16)14-19-9-7-18(8-10-19)13-17-5-3-2-4-6-17/h11-12,15,17-19H,2-10,13-14H2,1H3. The van der Waals surface area contributed by atoms with Crippen molar-refractivity contribution in [2.45, 2.75) is 77.6 Å². The summed E-state index contributed by atoms with van der Waals surface area (Å²) in [7, 11) is 0. The van der Waals surface area contributed by atoms with E-state index in [1.54, 1.807) is 12.1 Å². The molecule has 0 unspecified atom stereocenters. The molecule has 0 radical (unpaired) electrons. The summed E-state index contributed by atoms with van der Waals surface area (Å²) in [5.41, 5.74) is 2.26. The maximum absolute atomic E-state index is 13.5. The van der Waals surface area contributed by atoms with Crippen molar-refractivity contribution >= 4 is 0 Å². The van der Waals surface area contributed by atoms with Crippen LogP contribution in [-0.2, 0) is 6.42 Å². The zero-order chi connectivity index (χ0) is 15.4. The van der Waals surface area contributed by atoms with Gasteiger partial charge < -0.3 is 0 Å². The lowest BCUT2D eigenvalue weighted by Crippen LogP contribution is -2.20. The van der Waals surface area contributed by atoms with Gasteiger partial charge in [0, 0.05) is 0 Å². The summed E-state index contributed by atoms with van der Waals surface area (Å²) in [6.45, 7) is 1.99. The molecule has 1 heteroatoms. The Morgan fingerprint density at radius 3 is 2.14 bits per heavy atom. The maximum Gasteiger partial charge on any atom is 0.123 e. The van der Waals surface area contributed by atoms with E-state index in [1.807, 2.05) is 6.92 Å². The number of hydrogen-bond donors (Lipinski definition) is 0.